The van der Waals surface area contributed by atoms with Crippen molar-refractivity contribution in [1.82, 2.24) is 0 Å². The quantitative estimate of drug-likeness (QED) is 0.536. The highest BCUT2D eigenvalue weighted by Gasteiger charge is 2.22. The van der Waals surface area contributed by atoms with Gasteiger partial charge in [-0.05, 0) is 18.2 Å². The SMILES string of the molecule is O=[N+]([O-])c1ccc(-c2cc3ccccc3o2)c([N+](=O)[O-])c1. The van der Waals surface area contributed by atoms with Crippen molar-refractivity contribution >= 4 is 22.3 Å². The second-order valence-corrected chi connectivity index (χ2v) is 4.36. The molecule has 0 fully saturated rings. The van der Waals surface area contributed by atoms with Crippen LogP contribution in [0, 0.1) is 20.2 Å². The Morgan fingerprint density at radius 3 is 2.33 bits per heavy atom. The first-order valence-electron chi connectivity index (χ1n) is 5.98. The summed E-state index contributed by atoms with van der Waals surface area (Å²) in [6, 6.07) is 12.3. The molecule has 0 amide bonds. The van der Waals surface area contributed by atoms with Gasteiger partial charge in [0.05, 0.1) is 21.5 Å². The third-order valence-corrected chi connectivity index (χ3v) is 3.08. The zero-order valence-electron chi connectivity index (χ0n) is 10.6. The highest BCUT2D eigenvalue weighted by Crippen LogP contribution is 2.35. The summed E-state index contributed by atoms with van der Waals surface area (Å²) in [5.74, 6) is 0.304. The summed E-state index contributed by atoms with van der Waals surface area (Å²) in [4.78, 5) is 20.5. The van der Waals surface area contributed by atoms with E-state index in [2.05, 4.69) is 0 Å². The van der Waals surface area contributed by atoms with Gasteiger partial charge in [0.25, 0.3) is 11.4 Å². The van der Waals surface area contributed by atoms with Crippen LogP contribution in [-0.2, 0) is 0 Å². The zero-order valence-corrected chi connectivity index (χ0v) is 10.6. The van der Waals surface area contributed by atoms with Gasteiger partial charge in [-0.2, -0.15) is 0 Å². The topological polar surface area (TPSA) is 99.4 Å². The predicted molar refractivity (Wildman–Crippen MR) is 75.0 cm³/mol. The molecule has 7 heteroatoms. The first kappa shape index (κ1) is 12.8. The lowest BCUT2D eigenvalue weighted by molar-refractivity contribution is -0.393. The number of para-hydroxylation sites is 1. The Balaban J connectivity index is 2.21. The van der Waals surface area contributed by atoms with E-state index < -0.39 is 9.85 Å². The molecule has 0 aliphatic rings. The molecule has 0 saturated carbocycles. The minimum atomic E-state index is -0.671. The van der Waals surface area contributed by atoms with Crippen LogP contribution in [0.5, 0.6) is 0 Å². The fraction of sp³-hybridized carbons (Fsp3) is 0. The van der Waals surface area contributed by atoms with Gasteiger partial charge in [0.2, 0.25) is 0 Å². The molecule has 0 unspecified atom stereocenters. The van der Waals surface area contributed by atoms with Crippen molar-refractivity contribution in [3.63, 3.8) is 0 Å². The highest BCUT2D eigenvalue weighted by atomic mass is 16.6. The maximum absolute atomic E-state index is 11.1. The molecular weight excluding hydrogens is 276 g/mol. The maximum Gasteiger partial charge on any atom is 0.287 e. The lowest BCUT2D eigenvalue weighted by Gasteiger charge is -1.99. The number of furan rings is 1. The lowest BCUT2D eigenvalue weighted by Crippen LogP contribution is -1.94. The van der Waals surface area contributed by atoms with Gasteiger partial charge >= 0.3 is 0 Å². The van der Waals surface area contributed by atoms with Crippen LogP contribution >= 0.6 is 0 Å². The average molecular weight is 284 g/mol. The molecule has 21 heavy (non-hydrogen) atoms. The molecule has 0 bridgehead atoms. The molecule has 0 aliphatic heterocycles. The molecule has 3 rings (SSSR count). The normalized spacial score (nSPS) is 10.7. The molecule has 0 radical (unpaired) electrons. The molecule has 0 aliphatic carbocycles. The van der Waals surface area contributed by atoms with Crippen LogP contribution in [0.2, 0.25) is 0 Å². The fourth-order valence-corrected chi connectivity index (χ4v) is 2.11. The van der Waals surface area contributed by atoms with Gasteiger partial charge in [-0.15, -0.1) is 0 Å². The number of non-ortho nitro benzene ring substituents is 1. The average Bonchev–Trinajstić information content (AvgIpc) is 2.90. The Labute approximate surface area is 117 Å². The summed E-state index contributed by atoms with van der Waals surface area (Å²) in [5.41, 5.74) is 0.117. The van der Waals surface area contributed by atoms with Gasteiger partial charge < -0.3 is 4.42 Å². The molecule has 104 valence electrons. The van der Waals surface area contributed by atoms with Gasteiger partial charge in [0.1, 0.15) is 11.3 Å². The van der Waals surface area contributed by atoms with Crippen molar-refractivity contribution < 1.29 is 14.3 Å². The molecule has 1 heterocycles. The van der Waals surface area contributed by atoms with Crippen molar-refractivity contribution in [2.24, 2.45) is 0 Å². The molecule has 0 atom stereocenters. The number of rotatable bonds is 3. The van der Waals surface area contributed by atoms with Crippen LogP contribution in [0.1, 0.15) is 0 Å². The van der Waals surface area contributed by atoms with E-state index in [4.69, 9.17) is 4.42 Å². The minimum absolute atomic E-state index is 0.210. The largest absolute Gasteiger partial charge is 0.456 e. The Hall–Kier alpha value is -3.22. The summed E-state index contributed by atoms with van der Waals surface area (Å²) in [6.07, 6.45) is 0. The van der Waals surface area contributed by atoms with E-state index >= 15 is 0 Å². The summed E-state index contributed by atoms with van der Waals surface area (Å²) >= 11 is 0. The van der Waals surface area contributed by atoms with Crippen LogP contribution in [0.3, 0.4) is 0 Å². The van der Waals surface area contributed by atoms with E-state index in [1.54, 1.807) is 18.2 Å². The highest BCUT2D eigenvalue weighted by molar-refractivity contribution is 5.85. The van der Waals surface area contributed by atoms with E-state index in [1.807, 2.05) is 12.1 Å². The van der Waals surface area contributed by atoms with Crippen LogP contribution in [-0.4, -0.2) is 9.85 Å². The van der Waals surface area contributed by atoms with Gasteiger partial charge in [-0.3, -0.25) is 20.2 Å². The number of nitro groups is 2. The van der Waals surface area contributed by atoms with E-state index in [-0.39, 0.29) is 16.9 Å². The third kappa shape index (κ3) is 2.20. The second-order valence-electron chi connectivity index (χ2n) is 4.36. The molecule has 3 aromatic rings. The molecule has 1 aromatic heterocycles. The zero-order chi connectivity index (χ0) is 15.0. The number of nitro benzene ring substituents is 2. The van der Waals surface area contributed by atoms with Gasteiger partial charge in [-0.25, -0.2) is 0 Å². The molecule has 0 saturated heterocycles. The van der Waals surface area contributed by atoms with Crippen LogP contribution < -0.4 is 0 Å². The lowest BCUT2D eigenvalue weighted by atomic mass is 10.1. The summed E-state index contributed by atoms with van der Waals surface area (Å²) in [5, 5.41) is 22.7. The van der Waals surface area contributed by atoms with Gasteiger partial charge in [0.15, 0.2) is 0 Å². The number of fused-ring (bicyclic) bond motifs is 1. The van der Waals surface area contributed by atoms with E-state index in [0.29, 0.717) is 11.3 Å². The van der Waals surface area contributed by atoms with Crippen molar-refractivity contribution in [2.75, 3.05) is 0 Å². The Morgan fingerprint density at radius 2 is 1.67 bits per heavy atom. The molecule has 2 aromatic carbocycles. The third-order valence-electron chi connectivity index (χ3n) is 3.08. The number of hydrogen-bond acceptors (Lipinski definition) is 5. The van der Waals surface area contributed by atoms with Crippen molar-refractivity contribution in [1.29, 1.82) is 0 Å². The molecular formula is C14H8N2O5. The van der Waals surface area contributed by atoms with Crippen LogP contribution in [0.15, 0.2) is 52.9 Å². The minimum Gasteiger partial charge on any atom is -0.456 e. The summed E-state index contributed by atoms with van der Waals surface area (Å²) in [6.45, 7) is 0. The summed E-state index contributed by atoms with van der Waals surface area (Å²) in [7, 11) is 0. The Bertz CT molecular complexity index is 836. The molecule has 0 spiro atoms. The van der Waals surface area contributed by atoms with Crippen molar-refractivity contribution in [3.8, 4) is 11.3 Å². The van der Waals surface area contributed by atoms with Gasteiger partial charge in [-0.1, -0.05) is 18.2 Å². The maximum atomic E-state index is 11.1. The Morgan fingerprint density at radius 1 is 0.905 bits per heavy atom. The smallest absolute Gasteiger partial charge is 0.287 e. The number of hydrogen-bond donors (Lipinski definition) is 0. The molecule has 0 N–H and O–H groups in total. The predicted octanol–water partition coefficient (Wildman–Crippen LogP) is 3.92. The number of nitrogens with zero attached hydrogens (tertiary/aromatic N) is 2. The standard InChI is InChI=1S/C14H8N2O5/c17-15(18)10-5-6-11(12(8-10)16(19)20)14-7-9-3-1-2-4-13(9)21-14/h1-8H. The van der Waals surface area contributed by atoms with E-state index in [9.17, 15) is 20.2 Å². The Kier molecular flexibility index (Phi) is 2.87. The van der Waals surface area contributed by atoms with Crippen molar-refractivity contribution in [3.05, 3.63) is 68.8 Å². The van der Waals surface area contributed by atoms with Gasteiger partial charge in [0, 0.05) is 11.5 Å². The first-order valence-corrected chi connectivity index (χ1v) is 5.98. The van der Waals surface area contributed by atoms with E-state index in [0.717, 1.165) is 11.5 Å². The molecule has 7 nitrogen and oxygen atoms in total. The van der Waals surface area contributed by atoms with E-state index in [1.165, 1.54) is 12.1 Å². The first-order chi connectivity index (χ1) is 10.1. The monoisotopic (exact) mass is 284 g/mol. The summed E-state index contributed by atoms with van der Waals surface area (Å²) < 4.78 is 5.57. The van der Waals surface area contributed by atoms with Crippen molar-refractivity contribution in [2.45, 2.75) is 0 Å². The fourth-order valence-electron chi connectivity index (χ4n) is 2.11. The second kappa shape index (κ2) is 4.71. The van der Waals surface area contributed by atoms with Crippen LogP contribution in [0.4, 0.5) is 11.4 Å². The number of benzene rings is 2. The van der Waals surface area contributed by atoms with Crippen LogP contribution in [0.25, 0.3) is 22.3 Å².